The normalized spacial score (nSPS) is 20.8. The van der Waals surface area contributed by atoms with E-state index in [-0.39, 0.29) is 0 Å². The fourth-order valence-corrected chi connectivity index (χ4v) is 3.61. The molecule has 1 atom stereocenters. The van der Waals surface area contributed by atoms with E-state index < -0.39 is 0 Å². The van der Waals surface area contributed by atoms with Crippen molar-refractivity contribution in [2.24, 2.45) is 5.92 Å². The molecule has 0 spiro atoms. The van der Waals surface area contributed by atoms with E-state index in [0.29, 0.717) is 0 Å². The van der Waals surface area contributed by atoms with Crippen LogP contribution in [0.15, 0.2) is 0 Å². The van der Waals surface area contributed by atoms with Crippen LogP contribution in [0.1, 0.15) is 91.4 Å². The van der Waals surface area contributed by atoms with Crippen molar-refractivity contribution < 1.29 is 0 Å². The van der Waals surface area contributed by atoms with Gasteiger partial charge in [0.1, 0.15) is 0 Å². The van der Waals surface area contributed by atoms with E-state index in [1.54, 1.807) is 0 Å². The third-order valence-corrected chi connectivity index (χ3v) is 4.81. The Labute approximate surface area is 122 Å². The second kappa shape index (κ2) is 10.7. The smallest absolute Gasteiger partial charge is 0.00669 e. The highest BCUT2D eigenvalue weighted by atomic mass is 15.1. The van der Waals surface area contributed by atoms with Crippen molar-refractivity contribution >= 4 is 0 Å². The molecule has 0 bridgehead atoms. The molecule has 1 nitrogen and oxygen atoms in total. The molecule has 0 heterocycles. The van der Waals surface area contributed by atoms with Crippen molar-refractivity contribution in [1.29, 1.82) is 0 Å². The quantitative estimate of drug-likeness (QED) is 0.577. The number of hydrogen-bond acceptors (Lipinski definition) is 1. The lowest BCUT2D eigenvalue weighted by atomic mass is 9.95. The fourth-order valence-electron chi connectivity index (χ4n) is 3.61. The topological polar surface area (TPSA) is 3.24 Å². The summed E-state index contributed by atoms with van der Waals surface area (Å²) >= 11 is 0. The van der Waals surface area contributed by atoms with Crippen molar-refractivity contribution in [3.63, 3.8) is 0 Å². The molecule has 1 fully saturated rings. The minimum atomic E-state index is 0.789. The van der Waals surface area contributed by atoms with Gasteiger partial charge in [-0.15, -0.1) is 0 Å². The average molecular weight is 268 g/mol. The van der Waals surface area contributed by atoms with Crippen LogP contribution >= 0.6 is 0 Å². The number of nitrogens with zero attached hydrogens (tertiary/aromatic N) is 1. The van der Waals surface area contributed by atoms with Gasteiger partial charge in [-0.3, -0.25) is 0 Å². The van der Waals surface area contributed by atoms with Crippen LogP contribution in [0.4, 0.5) is 0 Å². The second-order valence-electron chi connectivity index (χ2n) is 6.70. The van der Waals surface area contributed by atoms with Gasteiger partial charge in [-0.05, 0) is 45.1 Å². The Morgan fingerprint density at radius 3 is 2.00 bits per heavy atom. The fraction of sp³-hybridized carbons (Fsp3) is 1.00. The van der Waals surface area contributed by atoms with Crippen molar-refractivity contribution in [3.05, 3.63) is 0 Å². The summed E-state index contributed by atoms with van der Waals surface area (Å²) in [6, 6.07) is 0.789. The van der Waals surface area contributed by atoms with E-state index in [1.807, 2.05) is 0 Å². The van der Waals surface area contributed by atoms with Crippen LogP contribution in [0.3, 0.4) is 0 Å². The lowest BCUT2D eigenvalue weighted by molar-refractivity contribution is 0.158. The molecule has 0 aromatic rings. The largest absolute Gasteiger partial charge is 0.300 e. The molecule has 0 aromatic carbocycles. The summed E-state index contributed by atoms with van der Waals surface area (Å²) in [5.41, 5.74) is 0. The maximum Gasteiger partial charge on any atom is 0.00669 e. The molecular formula is C18H37N. The van der Waals surface area contributed by atoms with Gasteiger partial charge in [-0.25, -0.2) is 0 Å². The van der Waals surface area contributed by atoms with Crippen molar-refractivity contribution in [2.45, 2.75) is 97.4 Å². The van der Waals surface area contributed by atoms with Crippen LogP contribution in [-0.4, -0.2) is 24.0 Å². The highest BCUT2D eigenvalue weighted by Gasteiger charge is 2.18. The van der Waals surface area contributed by atoms with Gasteiger partial charge in [0.2, 0.25) is 0 Å². The monoisotopic (exact) mass is 267 g/mol. The van der Waals surface area contributed by atoms with Crippen molar-refractivity contribution in [2.75, 3.05) is 13.1 Å². The predicted octanol–water partition coefficient (Wildman–Crippen LogP) is 5.64. The Hall–Kier alpha value is -0.0400. The van der Waals surface area contributed by atoms with E-state index in [4.69, 9.17) is 0 Å². The Kier molecular flexibility index (Phi) is 9.59. The van der Waals surface area contributed by atoms with Crippen molar-refractivity contribution in [3.8, 4) is 0 Å². The molecule has 1 rings (SSSR count). The van der Waals surface area contributed by atoms with Gasteiger partial charge in [-0.1, -0.05) is 58.8 Å². The van der Waals surface area contributed by atoms with E-state index >= 15 is 0 Å². The number of rotatable bonds is 7. The highest BCUT2D eigenvalue weighted by Crippen LogP contribution is 2.24. The van der Waals surface area contributed by atoms with Gasteiger partial charge in [-0.2, -0.15) is 0 Å². The summed E-state index contributed by atoms with van der Waals surface area (Å²) in [5, 5.41) is 0. The van der Waals surface area contributed by atoms with Crippen LogP contribution in [0.25, 0.3) is 0 Å². The Morgan fingerprint density at radius 1 is 0.895 bits per heavy atom. The average Bonchev–Trinajstić information content (AvgIpc) is 2.52. The van der Waals surface area contributed by atoms with E-state index in [9.17, 15) is 0 Å². The summed E-state index contributed by atoms with van der Waals surface area (Å²) in [6.45, 7) is 9.76. The molecule has 1 unspecified atom stereocenters. The van der Waals surface area contributed by atoms with Crippen LogP contribution in [0.2, 0.25) is 0 Å². The molecule has 1 heteroatoms. The molecule has 1 saturated carbocycles. The van der Waals surface area contributed by atoms with Gasteiger partial charge in [0.25, 0.3) is 0 Å². The van der Waals surface area contributed by atoms with Crippen LogP contribution < -0.4 is 0 Å². The Balaban J connectivity index is 2.44. The molecule has 0 aromatic heterocycles. The molecule has 0 radical (unpaired) electrons. The molecule has 0 N–H and O–H groups in total. The highest BCUT2D eigenvalue weighted by molar-refractivity contribution is 4.72. The Morgan fingerprint density at radius 2 is 1.47 bits per heavy atom. The van der Waals surface area contributed by atoms with Crippen LogP contribution in [-0.2, 0) is 0 Å². The third kappa shape index (κ3) is 7.34. The van der Waals surface area contributed by atoms with Crippen LogP contribution in [0.5, 0.6) is 0 Å². The minimum Gasteiger partial charge on any atom is -0.300 e. The summed E-state index contributed by atoms with van der Waals surface area (Å²) in [4.78, 5) is 2.78. The molecule has 19 heavy (non-hydrogen) atoms. The van der Waals surface area contributed by atoms with E-state index in [1.165, 1.54) is 83.7 Å². The second-order valence-corrected chi connectivity index (χ2v) is 6.70. The molecular weight excluding hydrogens is 230 g/mol. The maximum atomic E-state index is 2.78. The van der Waals surface area contributed by atoms with Gasteiger partial charge >= 0.3 is 0 Å². The molecule has 1 aliphatic rings. The summed E-state index contributed by atoms with van der Waals surface area (Å²) in [5.74, 6) is 0.976. The molecule has 0 amide bonds. The lowest BCUT2D eigenvalue weighted by Gasteiger charge is -2.32. The van der Waals surface area contributed by atoms with Gasteiger partial charge in [0.05, 0.1) is 0 Å². The first-order valence-corrected chi connectivity index (χ1v) is 9.02. The zero-order valence-corrected chi connectivity index (χ0v) is 13.8. The maximum absolute atomic E-state index is 2.78. The molecule has 114 valence electrons. The first-order chi connectivity index (χ1) is 9.27. The third-order valence-electron chi connectivity index (χ3n) is 4.81. The minimum absolute atomic E-state index is 0.789. The number of hydrogen-bond donors (Lipinski definition) is 0. The van der Waals surface area contributed by atoms with Gasteiger partial charge in [0, 0.05) is 12.6 Å². The predicted molar refractivity (Wildman–Crippen MR) is 86.7 cm³/mol. The van der Waals surface area contributed by atoms with E-state index in [2.05, 4.69) is 25.7 Å². The molecule has 0 saturated heterocycles. The SMILES string of the molecule is CCCC(C)N(CCC)CC1CCCCCCCC1. The van der Waals surface area contributed by atoms with Gasteiger partial charge in [0.15, 0.2) is 0 Å². The van der Waals surface area contributed by atoms with Gasteiger partial charge < -0.3 is 4.90 Å². The molecule has 1 aliphatic carbocycles. The summed E-state index contributed by atoms with van der Waals surface area (Å²) in [6.07, 6.45) is 15.9. The molecule has 0 aliphatic heterocycles. The summed E-state index contributed by atoms with van der Waals surface area (Å²) in [7, 11) is 0. The van der Waals surface area contributed by atoms with E-state index in [0.717, 1.165) is 12.0 Å². The van der Waals surface area contributed by atoms with Crippen LogP contribution in [0, 0.1) is 5.92 Å². The first-order valence-electron chi connectivity index (χ1n) is 9.02. The van der Waals surface area contributed by atoms with Crippen molar-refractivity contribution in [1.82, 2.24) is 4.90 Å². The standard InChI is InChI=1S/C18H37N/c1-4-12-17(3)19(15-5-2)16-18-13-10-8-6-7-9-11-14-18/h17-18H,4-16H2,1-3H3. The summed E-state index contributed by atoms with van der Waals surface area (Å²) < 4.78 is 0. The lowest BCUT2D eigenvalue weighted by Crippen LogP contribution is -2.37. The zero-order valence-electron chi connectivity index (χ0n) is 13.8. The zero-order chi connectivity index (χ0) is 13.9. The first kappa shape index (κ1) is 17.0. The Bertz CT molecular complexity index is 192.